The Kier molecular flexibility index (Phi) is 10.4. The van der Waals surface area contributed by atoms with Gasteiger partial charge in [0.25, 0.3) is 0 Å². The fourth-order valence-electron chi connectivity index (χ4n) is 4.77. The van der Waals surface area contributed by atoms with E-state index in [0.29, 0.717) is 13.0 Å². The number of unbranched alkanes of at least 4 members (excludes halogenated alkanes) is 5. The van der Waals surface area contributed by atoms with Crippen molar-refractivity contribution in [3.05, 3.63) is 48.0 Å². The van der Waals surface area contributed by atoms with Crippen LogP contribution in [-0.2, 0) is 23.1 Å². The highest BCUT2D eigenvalue weighted by atomic mass is 16.3. The van der Waals surface area contributed by atoms with Gasteiger partial charge in [0.1, 0.15) is 11.5 Å². The van der Waals surface area contributed by atoms with E-state index in [4.69, 9.17) is 0 Å². The third-order valence-corrected chi connectivity index (χ3v) is 6.93. The molecule has 37 heavy (non-hydrogen) atoms. The molecule has 0 aliphatic rings. The van der Waals surface area contributed by atoms with Crippen LogP contribution in [0.15, 0.2) is 42.5 Å². The van der Waals surface area contributed by atoms with Gasteiger partial charge in [-0.2, -0.15) is 0 Å². The molecule has 0 saturated heterocycles. The van der Waals surface area contributed by atoms with E-state index in [2.05, 4.69) is 12.2 Å². The van der Waals surface area contributed by atoms with E-state index in [0.717, 1.165) is 79.2 Å². The summed E-state index contributed by atoms with van der Waals surface area (Å²) in [5.41, 5.74) is 3.57. The van der Waals surface area contributed by atoms with Gasteiger partial charge in [0.2, 0.25) is 11.8 Å². The van der Waals surface area contributed by atoms with Crippen LogP contribution in [0.2, 0.25) is 0 Å². The minimum absolute atomic E-state index is 0.0587. The van der Waals surface area contributed by atoms with Crippen LogP contribution in [0.5, 0.6) is 11.5 Å². The molecule has 3 rings (SSSR count). The van der Waals surface area contributed by atoms with Crippen LogP contribution in [0.4, 0.5) is 0 Å². The van der Waals surface area contributed by atoms with E-state index in [-0.39, 0.29) is 29.7 Å². The van der Waals surface area contributed by atoms with Crippen LogP contribution in [0.3, 0.4) is 0 Å². The summed E-state index contributed by atoms with van der Waals surface area (Å²) in [4.78, 5) is 26.8. The predicted octanol–water partition coefficient (Wildman–Crippen LogP) is 5.51. The number of rotatable bonds is 14. The molecule has 200 valence electrons. The second kappa shape index (κ2) is 13.7. The van der Waals surface area contributed by atoms with Crippen molar-refractivity contribution in [2.45, 2.75) is 64.7 Å². The van der Waals surface area contributed by atoms with Crippen molar-refractivity contribution < 1.29 is 19.8 Å². The molecule has 3 aromatic rings. The van der Waals surface area contributed by atoms with Crippen LogP contribution in [0.25, 0.3) is 22.2 Å². The predicted molar refractivity (Wildman–Crippen MR) is 149 cm³/mol. The summed E-state index contributed by atoms with van der Waals surface area (Å²) in [5, 5.41) is 23.7. The second-order valence-corrected chi connectivity index (χ2v) is 9.85. The lowest BCUT2D eigenvalue weighted by molar-refractivity contribution is -0.130. The number of phenolic OH excluding ortho intramolecular Hbond substituents is 2. The summed E-state index contributed by atoms with van der Waals surface area (Å²) in [6.07, 6.45) is 7.86. The van der Waals surface area contributed by atoms with E-state index in [1.54, 1.807) is 24.3 Å². The summed E-state index contributed by atoms with van der Waals surface area (Å²) >= 11 is 0. The fraction of sp³-hybridized carbons (Fsp3) is 0.467. The van der Waals surface area contributed by atoms with Gasteiger partial charge in [-0.3, -0.25) is 9.59 Å². The number of hydrogen-bond donors (Lipinski definition) is 3. The zero-order chi connectivity index (χ0) is 26.8. The summed E-state index contributed by atoms with van der Waals surface area (Å²) < 4.78 is 2.02. The monoisotopic (exact) mass is 507 g/mol. The number of nitrogens with zero attached hydrogens (tertiary/aromatic N) is 2. The zero-order valence-electron chi connectivity index (χ0n) is 22.4. The minimum Gasteiger partial charge on any atom is -0.508 e. The molecule has 0 bridgehead atoms. The fourth-order valence-corrected chi connectivity index (χ4v) is 4.77. The average molecular weight is 508 g/mol. The van der Waals surface area contributed by atoms with E-state index < -0.39 is 0 Å². The highest BCUT2D eigenvalue weighted by molar-refractivity contribution is 5.96. The van der Waals surface area contributed by atoms with Gasteiger partial charge in [-0.05, 0) is 72.9 Å². The van der Waals surface area contributed by atoms with Crippen molar-refractivity contribution in [1.82, 2.24) is 14.8 Å². The van der Waals surface area contributed by atoms with Crippen LogP contribution in [0, 0.1) is 0 Å². The average Bonchev–Trinajstić information content (AvgIpc) is 3.14. The van der Waals surface area contributed by atoms with Crippen LogP contribution in [0.1, 0.15) is 63.9 Å². The highest BCUT2D eigenvalue weighted by Gasteiger charge is 2.19. The number of aromatic nitrogens is 1. The molecule has 7 heteroatoms. The van der Waals surface area contributed by atoms with Crippen LogP contribution >= 0.6 is 0 Å². The Morgan fingerprint density at radius 2 is 1.59 bits per heavy atom. The van der Waals surface area contributed by atoms with Gasteiger partial charge in [0, 0.05) is 44.5 Å². The lowest BCUT2D eigenvalue weighted by atomic mass is 10.0. The molecule has 7 nitrogen and oxygen atoms in total. The number of benzene rings is 2. The Balaban J connectivity index is 1.49. The Labute approximate surface area is 220 Å². The summed E-state index contributed by atoms with van der Waals surface area (Å²) in [6.45, 7) is 3.58. The van der Waals surface area contributed by atoms with Gasteiger partial charge in [0.05, 0.1) is 12.1 Å². The van der Waals surface area contributed by atoms with Crippen LogP contribution in [-0.4, -0.2) is 51.6 Å². The quantitative estimate of drug-likeness (QED) is 0.251. The molecule has 0 aliphatic carbocycles. The largest absolute Gasteiger partial charge is 0.508 e. The van der Waals surface area contributed by atoms with Gasteiger partial charge >= 0.3 is 0 Å². The molecule has 1 aromatic heterocycles. The standard InChI is InChI=1S/C30H41N3O4/c1-4-5-19-32(2)29(37)11-9-7-6-8-10-18-31-28(36)21-26-25-20-24(35)16-17-27(25)33(3)30(26)22-12-14-23(34)15-13-22/h12-17,20,34-35H,4-11,18-19,21H2,1-3H3,(H,31,36). The molecular weight excluding hydrogens is 466 g/mol. The smallest absolute Gasteiger partial charge is 0.224 e. The molecule has 0 aliphatic heterocycles. The van der Waals surface area contributed by atoms with E-state index in [9.17, 15) is 19.8 Å². The van der Waals surface area contributed by atoms with Crippen molar-refractivity contribution >= 4 is 22.7 Å². The van der Waals surface area contributed by atoms with Crippen molar-refractivity contribution in [1.29, 1.82) is 0 Å². The minimum atomic E-state index is -0.0587. The summed E-state index contributed by atoms with van der Waals surface area (Å²) in [7, 11) is 3.83. The van der Waals surface area contributed by atoms with Gasteiger partial charge in [-0.1, -0.05) is 32.6 Å². The number of aryl methyl sites for hydroxylation is 1. The van der Waals surface area contributed by atoms with Gasteiger partial charge < -0.3 is 25.0 Å². The maximum absolute atomic E-state index is 12.9. The van der Waals surface area contributed by atoms with Crippen molar-refractivity contribution in [3.8, 4) is 22.8 Å². The van der Waals surface area contributed by atoms with Gasteiger partial charge in [0.15, 0.2) is 0 Å². The van der Waals surface area contributed by atoms with Crippen molar-refractivity contribution in [3.63, 3.8) is 0 Å². The van der Waals surface area contributed by atoms with Gasteiger partial charge in [-0.25, -0.2) is 0 Å². The summed E-state index contributed by atoms with van der Waals surface area (Å²) in [6, 6.07) is 12.1. The number of hydrogen-bond acceptors (Lipinski definition) is 4. The van der Waals surface area contributed by atoms with E-state index in [1.165, 1.54) is 0 Å². The molecule has 0 atom stereocenters. The molecular formula is C30H41N3O4. The molecule has 1 heterocycles. The third kappa shape index (κ3) is 7.75. The van der Waals surface area contributed by atoms with Crippen molar-refractivity contribution in [2.24, 2.45) is 7.05 Å². The first kappa shape index (κ1) is 28.1. The number of amides is 2. The lowest BCUT2D eigenvalue weighted by Gasteiger charge is -2.16. The Morgan fingerprint density at radius 3 is 2.32 bits per heavy atom. The molecule has 3 N–H and O–H groups in total. The SMILES string of the molecule is CCCCN(C)C(=O)CCCCCCCNC(=O)Cc1c(-c2ccc(O)cc2)n(C)c2ccc(O)cc12. The summed E-state index contributed by atoms with van der Waals surface area (Å²) in [5.74, 6) is 0.516. The van der Waals surface area contributed by atoms with E-state index in [1.807, 2.05) is 41.8 Å². The normalized spacial score (nSPS) is 11.1. The maximum atomic E-state index is 12.9. The first-order valence-electron chi connectivity index (χ1n) is 13.4. The number of fused-ring (bicyclic) bond motifs is 1. The number of carbonyl (C=O) groups excluding carboxylic acids is 2. The highest BCUT2D eigenvalue weighted by Crippen LogP contribution is 2.35. The Hall–Kier alpha value is -3.48. The first-order chi connectivity index (χ1) is 17.8. The number of phenols is 2. The second-order valence-electron chi connectivity index (χ2n) is 9.85. The number of carbonyl (C=O) groups is 2. The number of nitrogens with one attached hydrogen (secondary N) is 1. The molecule has 2 aromatic carbocycles. The molecule has 0 saturated carbocycles. The topological polar surface area (TPSA) is 94.8 Å². The Morgan fingerprint density at radius 1 is 0.919 bits per heavy atom. The third-order valence-electron chi connectivity index (χ3n) is 6.93. The van der Waals surface area contributed by atoms with E-state index >= 15 is 0 Å². The number of aromatic hydroxyl groups is 2. The van der Waals surface area contributed by atoms with Gasteiger partial charge in [-0.15, -0.1) is 0 Å². The molecule has 0 spiro atoms. The first-order valence-corrected chi connectivity index (χ1v) is 13.4. The zero-order valence-corrected chi connectivity index (χ0v) is 22.4. The molecule has 0 unspecified atom stereocenters. The molecule has 2 amide bonds. The maximum Gasteiger partial charge on any atom is 0.224 e. The lowest BCUT2D eigenvalue weighted by Crippen LogP contribution is -2.27. The molecule has 0 fully saturated rings. The molecule has 0 radical (unpaired) electrons. The van der Waals surface area contributed by atoms with Crippen LogP contribution < -0.4 is 5.32 Å². The van der Waals surface area contributed by atoms with Crippen molar-refractivity contribution in [2.75, 3.05) is 20.1 Å². The Bertz CT molecular complexity index is 1180.